The minimum atomic E-state index is -0.270. The summed E-state index contributed by atoms with van der Waals surface area (Å²) >= 11 is 7.26. The molecule has 1 heterocycles. The molecule has 3 N–H and O–H groups in total. The van der Waals surface area contributed by atoms with Crippen LogP contribution in [0.25, 0.3) is 0 Å². The lowest BCUT2D eigenvalue weighted by Crippen LogP contribution is -2.12. The quantitative estimate of drug-likeness (QED) is 0.799. The molecule has 2 aromatic rings. The van der Waals surface area contributed by atoms with Crippen molar-refractivity contribution in [3.8, 4) is 0 Å². The number of halogens is 1. The SMILES string of the molecule is Cn1c(Sc2c(N)cccc2Cl)n[nH]c1=O. The molecule has 0 amide bonds. The van der Waals surface area contributed by atoms with Gasteiger partial charge in [-0.25, -0.2) is 9.89 Å². The van der Waals surface area contributed by atoms with Gasteiger partial charge >= 0.3 is 5.69 Å². The molecule has 0 bridgehead atoms. The van der Waals surface area contributed by atoms with E-state index in [0.717, 1.165) is 0 Å². The van der Waals surface area contributed by atoms with Crippen LogP contribution in [0.1, 0.15) is 0 Å². The first-order valence-corrected chi connectivity index (χ1v) is 5.62. The minimum Gasteiger partial charge on any atom is -0.398 e. The van der Waals surface area contributed by atoms with Gasteiger partial charge in [-0.3, -0.25) is 4.57 Å². The minimum absolute atomic E-state index is 0.270. The normalized spacial score (nSPS) is 10.6. The van der Waals surface area contributed by atoms with Crippen molar-refractivity contribution in [1.82, 2.24) is 14.8 Å². The van der Waals surface area contributed by atoms with Crippen molar-refractivity contribution >= 4 is 29.1 Å². The van der Waals surface area contributed by atoms with Crippen molar-refractivity contribution < 1.29 is 0 Å². The predicted molar refractivity (Wildman–Crippen MR) is 63.8 cm³/mol. The lowest BCUT2D eigenvalue weighted by atomic mass is 10.3. The van der Waals surface area contributed by atoms with E-state index in [1.54, 1.807) is 25.2 Å². The Morgan fingerprint density at radius 1 is 1.56 bits per heavy atom. The molecule has 0 saturated heterocycles. The highest BCUT2D eigenvalue weighted by Crippen LogP contribution is 2.35. The predicted octanol–water partition coefficient (Wildman–Crippen LogP) is 1.50. The highest BCUT2D eigenvalue weighted by molar-refractivity contribution is 7.99. The van der Waals surface area contributed by atoms with Crippen LogP contribution < -0.4 is 11.4 Å². The molecule has 0 radical (unpaired) electrons. The molecule has 0 atom stereocenters. The average Bonchev–Trinajstić information content (AvgIpc) is 2.55. The molecule has 1 aromatic carbocycles. The number of aromatic amines is 1. The lowest BCUT2D eigenvalue weighted by Gasteiger charge is -2.05. The van der Waals surface area contributed by atoms with E-state index in [-0.39, 0.29) is 5.69 Å². The summed E-state index contributed by atoms with van der Waals surface area (Å²) in [5.41, 5.74) is 6.09. The van der Waals surface area contributed by atoms with Crippen LogP contribution in [0.2, 0.25) is 5.02 Å². The van der Waals surface area contributed by atoms with Crippen LogP contribution in [0.3, 0.4) is 0 Å². The molecule has 7 heteroatoms. The van der Waals surface area contributed by atoms with Crippen molar-refractivity contribution in [2.75, 3.05) is 5.73 Å². The molecule has 2 rings (SSSR count). The van der Waals surface area contributed by atoms with E-state index in [2.05, 4.69) is 10.2 Å². The number of nitrogens with one attached hydrogen (secondary N) is 1. The molecule has 0 aliphatic rings. The van der Waals surface area contributed by atoms with E-state index in [4.69, 9.17) is 17.3 Å². The Morgan fingerprint density at radius 2 is 2.31 bits per heavy atom. The summed E-state index contributed by atoms with van der Waals surface area (Å²) in [4.78, 5) is 11.9. The smallest absolute Gasteiger partial charge is 0.343 e. The number of H-pyrrole nitrogens is 1. The fourth-order valence-electron chi connectivity index (χ4n) is 1.15. The topological polar surface area (TPSA) is 76.7 Å². The molecule has 84 valence electrons. The summed E-state index contributed by atoms with van der Waals surface area (Å²) in [6, 6.07) is 5.26. The molecule has 0 saturated carbocycles. The second kappa shape index (κ2) is 4.23. The number of hydrogen-bond donors (Lipinski definition) is 2. The summed E-state index contributed by atoms with van der Waals surface area (Å²) in [7, 11) is 1.63. The van der Waals surface area contributed by atoms with E-state index in [0.29, 0.717) is 20.8 Å². The molecule has 16 heavy (non-hydrogen) atoms. The number of hydrogen-bond acceptors (Lipinski definition) is 4. The monoisotopic (exact) mass is 256 g/mol. The maximum atomic E-state index is 11.2. The van der Waals surface area contributed by atoms with Crippen LogP contribution in [0.4, 0.5) is 5.69 Å². The fraction of sp³-hybridized carbons (Fsp3) is 0.111. The van der Waals surface area contributed by atoms with Gasteiger partial charge in [-0.1, -0.05) is 17.7 Å². The average molecular weight is 257 g/mol. The first kappa shape index (κ1) is 11.1. The van der Waals surface area contributed by atoms with Crippen LogP contribution in [-0.4, -0.2) is 14.8 Å². The van der Waals surface area contributed by atoms with Crippen LogP contribution >= 0.6 is 23.4 Å². The van der Waals surface area contributed by atoms with Crippen molar-refractivity contribution in [2.45, 2.75) is 10.1 Å². The van der Waals surface area contributed by atoms with Gasteiger partial charge in [0.2, 0.25) is 0 Å². The number of nitrogens with zero attached hydrogens (tertiary/aromatic N) is 2. The van der Waals surface area contributed by atoms with Gasteiger partial charge in [0.05, 0.1) is 9.92 Å². The second-order valence-corrected chi connectivity index (χ2v) is 4.52. The molecular formula is C9H9ClN4OS. The van der Waals surface area contributed by atoms with E-state index >= 15 is 0 Å². The molecule has 0 unspecified atom stereocenters. The van der Waals surface area contributed by atoms with Gasteiger partial charge in [-0.15, -0.1) is 5.10 Å². The Balaban J connectivity index is 2.41. The van der Waals surface area contributed by atoms with Gasteiger partial charge in [-0.2, -0.15) is 0 Å². The number of benzene rings is 1. The molecule has 0 aliphatic heterocycles. The maximum Gasteiger partial charge on any atom is 0.343 e. The van der Waals surface area contributed by atoms with Crippen LogP contribution in [0.5, 0.6) is 0 Å². The fourth-order valence-corrected chi connectivity index (χ4v) is 2.29. The van der Waals surface area contributed by atoms with Gasteiger partial charge in [0.25, 0.3) is 0 Å². The van der Waals surface area contributed by atoms with E-state index in [9.17, 15) is 4.79 Å². The van der Waals surface area contributed by atoms with Gasteiger partial charge in [0.15, 0.2) is 5.16 Å². The maximum absolute atomic E-state index is 11.2. The van der Waals surface area contributed by atoms with Crippen LogP contribution in [-0.2, 0) is 7.05 Å². The third kappa shape index (κ3) is 1.94. The largest absolute Gasteiger partial charge is 0.398 e. The Morgan fingerprint density at radius 3 is 2.88 bits per heavy atom. The van der Waals surface area contributed by atoms with Crippen molar-refractivity contribution in [2.24, 2.45) is 7.05 Å². The van der Waals surface area contributed by atoms with E-state index in [1.807, 2.05) is 0 Å². The summed E-state index contributed by atoms with van der Waals surface area (Å²) < 4.78 is 1.40. The van der Waals surface area contributed by atoms with Crippen LogP contribution in [0.15, 0.2) is 33.0 Å². The molecule has 0 aliphatic carbocycles. The van der Waals surface area contributed by atoms with E-state index in [1.165, 1.54) is 16.3 Å². The Bertz CT molecular complexity index is 557. The van der Waals surface area contributed by atoms with Crippen molar-refractivity contribution in [3.05, 3.63) is 33.7 Å². The number of nitrogen functional groups attached to an aromatic ring is 1. The van der Waals surface area contributed by atoms with Gasteiger partial charge in [-0.05, 0) is 23.9 Å². The number of nitrogens with two attached hydrogens (primary N) is 1. The summed E-state index contributed by atoms with van der Waals surface area (Å²) in [6.07, 6.45) is 0. The number of anilines is 1. The zero-order valence-electron chi connectivity index (χ0n) is 8.40. The third-order valence-electron chi connectivity index (χ3n) is 2.03. The lowest BCUT2D eigenvalue weighted by molar-refractivity contribution is 0.766. The first-order valence-electron chi connectivity index (χ1n) is 4.43. The highest BCUT2D eigenvalue weighted by atomic mass is 35.5. The van der Waals surface area contributed by atoms with Crippen LogP contribution in [0, 0.1) is 0 Å². The number of rotatable bonds is 2. The summed E-state index contributed by atoms with van der Waals surface area (Å²) in [6.45, 7) is 0. The molecular weight excluding hydrogens is 248 g/mol. The van der Waals surface area contributed by atoms with Gasteiger partial charge < -0.3 is 5.73 Å². The van der Waals surface area contributed by atoms with Crippen molar-refractivity contribution in [3.63, 3.8) is 0 Å². The highest BCUT2D eigenvalue weighted by Gasteiger charge is 2.11. The Hall–Kier alpha value is -1.40. The summed E-state index contributed by atoms with van der Waals surface area (Å²) in [5.74, 6) is 0. The molecule has 0 spiro atoms. The summed E-state index contributed by atoms with van der Waals surface area (Å²) in [5, 5.41) is 7.28. The number of aromatic nitrogens is 3. The Kier molecular flexibility index (Phi) is 2.93. The third-order valence-corrected chi connectivity index (χ3v) is 3.66. The standard InChI is InChI=1S/C9H9ClN4OS/c1-14-8(15)12-13-9(14)16-7-5(10)3-2-4-6(7)11/h2-4H,11H2,1H3,(H,12,15). The van der Waals surface area contributed by atoms with Crippen molar-refractivity contribution in [1.29, 1.82) is 0 Å². The van der Waals surface area contributed by atoms with Gasteiger partial charge in [0, 0.05) is 12.7 Å². The van der Waals surface area contributed by atoms with Gasteiger partial charge in [0.1, 0.15) is 0 Å². The molecule has 1 aromatic heterocycles. The zero-order chi connectivity index (χ0) is 11.7. The zero-order valence-corrected chi connectivity index (χ0v) is 9.97. The molecule has 0 fully saturated rings. The second-order valence-electron chi connectivity index (χ2n) is 3.13. The Labute approximate surface area is 101 Å². The molecule has 5 nitrogen and oxygen atoms in total. The van der Waals surface area contributed by atoms with E-state index < -0.39 is 0 Å². The first-order chi connectivity index (χ1) is 7.59.